The summed E-state index contributed by atoms with van der Waals surface area (Å²) >= 11 is 0. The van der Waals surface area contributed by atoms with E-state index in [1.54, 1.807) is 13.8 Å². The lowest BCUT2D eigenvalue weighted by molar-refractivity contribution is -0.152. The maximum atomic E-state index is 12.0. The van der Waals surface area contributed by atoms with Crippen molar-refractivity contribution in [2.75, 3.05) is 20.3 Å². The van der Waals surface area contributed by atoms with Crippen molar-refractivity contribution >= 4 is 17.5 Å². The Morgan fingerprint density at radius 2 is 2.00 bits per heavy atom. The highest BCUT2D eigenvalue weighted by molar-refractivity contribution is 6.03. The molecule has 1 heterocycles. The number of hydrogen-bond acceptors (Lipinski definition) is 5. The van der Waals surface area contributed by atoms with Crippen molar-refractivity contribution in [3.05, 3.63) is 0 Å². The molecule has 0 saturated carbocycles. The fraction of sp³-hybridized carbons (Fsp3) is 0.769. The van der Waals surface area contributed by atoms with Gasteiger partial charge in [-0.1, -0.05) is 13.8 Å². The molecule has 0 amide bonds. The molecule has 0 radical (unpaired) electrons. The van der Waals surface area contributed by atoms with Crippen LogP contribution in [0.25, 0.3) is 0 Å². The molecule has 1 aliphatic heterocycles. The van der Waals surface area contributed by atoms with Crippen molar-refractivity contribution in [2.24, 2.45) is 17.8 Å². The molecule has 1 aliphatic rings. The number of esters is 1. The first kappa shape index (κ1) is 14.8. The largest absolute Gasteiger partial charge is 0.468 e. The molecular weight excluding hydrogens is 236 g/mol. The van der Waals surface area contributed by atoms with Crippen molar-refractivity contribution in [3.8, 4) is 0 Å². The van der Waals surface area contributed by atoms with Gasteiger partial charge in [-0.05, 0) is 6.42 Å². The second-order valence-corrected chi connectivity index (χ2v) is 4.86. The van der Waals surface area contributed by atoms with Gasteiger partial charge in [-0.25, -0.2) is 0 Å². The third kappa shape index (κ3) is 3.63. The number of ketones is 2. The Hall–Kier alpha value is -1.23. The number of carbonyl (C=O) groups excluding carboxylic acids is 3. The fourth-order valence-electron chi connectivity index (χ4n) is 2.00. The van der Waals surface area contributed by atoms with E-state index in [1.807, 2.05) is 0 Å². The Morgan fingerprint density at radius 3 is 2.44 bits per heavy atom. The predicted octanol–water partition coefficient (Wildman–Crippen LogP) is 0.996. The van der Waals surface area contributed by atoms with E-state index in [9.17, 15) is 14.4 Å². The molecule has 0 aromatic rings. The molecule has 0 spiro atoms. The minimum Gasteiger partial charge on any atom is -0.468 e. The molecule has 18 heavy (non-hydrogen) atoms. The van der Waals surface area contributed by atoms with E-state index in [0.29, 0.717) is 19.6 Å². The van der Waals surface area contributed by atoms with Gasteiger partial charge in [0.05, 0.1) is 13.7 Å². The van der Waals surface area contributed by atoms with E-state index in [1.165, 1.54) is 7.11 Å². The lowest BCUT2D eigenvalue weighted by Crippen LogP contribution is -2.32. The minimum absolute atomic E-state index is 0.0717. The SMILES string of the molecule is COC(=O)C(CC(=O)C1CCOC1)C(=O)C(C)C. The molecule has 2 atom stereocenters. The van der Waals surface area contributed by atoms with Gasteiger partial charge in [-0.2, -0.15) is 0 Å². The molecular formula is C13H20O5. The van der Waals surface area contributed by atoms with Gasteiger partial charge in [-0.3, -0.25) is 14.4 Å². The Balaban J connectivity index is 2.68. The summed E-state index contributed by atoms with van der Waals surface area (Å²) in [5.41, 5.74) is 0. The molecule has 102 valence electrons. The first-order valence-corrected chi connectivity index (χ1v) is 6.19. The van der Waals surface area contributed by atoms with Gasteiger partial charge < -0.3 is 9.47 Å². The fourth-order valence-corrected chi connectivity index (χ4v) is 2.00. The zero-order valence-corrected chi connectivity index (χ0v) is 11.1. The molecule has 0 aromatic carbocycles. The van der Waals surface area contributed by atoms with E-state index >= 15 is 0 Å². The average Bonchev–Trinajstić information content (AvgIpc) is 2.87. The molecule has 0 N–H and O–H groups in total. The van der Waals surface area contributed by atoms with Crippen LogP contribution in [0.2, 0.25) is 0 Å². The number of ether oxygens (including phenoxy) is 2. The summed E-state index contributed by atoms with van der Waals surface area (Å²) < 4.78 is 9.74. The Kier molecular flexibility index (Phi) is 5.47. The van der Waals surface area contributed by atoms with Crippen molar-refractivity contribution in [1.29, 1.82) is 0 Å². The molecule has 1 saturated heterocycles. The van der Waals surface area contributed by atoms with E-state index in [-0.39, 0.29) is 29.8 Å². The Bertz CT molecular complexity index is 328. The second-order valence-electron chi connectivity index (χ2n) is 4.86. The Morgan fingerprint density at radius 1 is 1.33 bits per heavy atom. The van der Waals surface area contributed by atoms with Gasteiger partial charge >= 0.3 is 5.97 Å². The number of methoxy groups -OCH3 is 1. The molecule has 0 aromatic heterocycles. The van der Waals surface area contributed by atoms with Crippen molar-refractivity contribution in [3.63, 3.8) is 0 Å². The maximum Gasteiger partial charge on any atom is 0.316 e. The highest BCUT2D eigenvalue weighted by atomic mass is 16.5. The number of rotatable bonds is 6. The Labute approximate surface area is 107 Å². The van der Waals surface area contributed by atoms with Crippen LogP contribution in [-0.4, -0.2) is 37.9 Å². The van der Waals surface area contributed by atoms with Crippen molar-refractivity contribution in [2.45, 2.75) is 26.7 Å². The zero-order chi connectivity index (χ0) is 13.7. The number of hydrogen-bond donors (Lipinski definition) is 0. The van der Waals surface area contributed by atoms with Gasteiger partial charge in [0.25, 0.3) is 0 Å². The highest BCUT2D eigenvalue weighted by Gasteiger charge is 2.34. The third-order valence-corrected chi connectivity index (χ3v) is 3.19. The number of carbonyl (C=O) groups is 3. The quantitative estimate of drug-likeness (QED) is 0.523. The summed E-state index contributed by atoms with van der Waals surface area (Å²) in [6, 6.07) is 0. The van der Waals surface area contributed by atoms with Gasteiger partial charge in [0.1, 0.15) is 17.5 Å². The van der Waals surface area contributed by atoms with Crippen LogP contribution in [0.3, 0.4) is 0 Å². The summed E-state index contributed by atoms with van der Waals surface area (Å²) in [6.07, 6.45) is 0.598. The van der Waals surface area contributed by atoms with Crippen molar-refractivity contribution in [1.82, 2.24) is 0 Å². The average molecular weight is 256 g/mol. The van der Waals surface area contributed by atoms with Crippen LogP contribution in [0.15, 0.2) is 0 Å². The molecule has 5 heteroatoms. The number of Topliss-reactive ketones (excluding diaryl/α,β-unsaturated/α-hetero) is 2. The predicted molar refractivity (Wildman–Crippen MR) is 63.9 cm³/mol. The molecule has 0 bridgehead atoms. The van der Waals surface area contributed by atoms with Crippen LogP contribution in [0, 0.1) is 17.8 Å². The van der Waals surface area contributed by atoms with Crippen LogP contribution in [-0.2, 0) is 23.9 Å². The smallest absolute Gasteiger partial charge is 0.316 e. The first-order chi connectivity index (χ1) is 8.47. The van der Waals surface area contributed by atoms with Crippen LogP contribution < -0.4 is 0 Å². The van der Waals surface area contributed by atoms with E-state index < -0.39 is 11.9 Å². The first-order valence-electron chi connectivity index (χ1n) is 6.19. The third-order valence-electron chi connectivity index (χ3n) is 3.19. The molecule has 0 aliphatic carbocycles. The summed E-state index contributed by atoms with van der Waals surface area (Å²) in [7, 11) is 1.23. The lowest BCUT2D eigenvalue weighted by atomic mass is 9.87. The summed E-state index contributed by atoms with van der Waals surface area (Å²) in [5.74, 6) is -2.39. The van der Waals surface area contributed by atoms with Crippen LogP contribution in [0.4, 0.5) is 0 Å². The standard InChI is InChI=1S/C13H20O5/c1-8(2)12(15)10(13(16)17-3)6-11(14)9-4-5-18-7-9/h8-10H,4-7H2,1-3H3. The molecule has 1 fully saturated rings. The summed E-state index contributed by atoms with van der Waals surface area (Å²) in [5, 5.41) is 0. The molecule has 5 nitrogen and oxygen atoms in total. The van der Waals surface area contributed by atoms with Crippen molar-refractivity contribution < 1.29 is 23.9 Å². The maximum absolute atomic E-state index is 12.0. The van der Waals surface area contributed by atoms with Gasteiger partial charge in [-0.15, -0.1) is 0 Å². The van der Waals surface area contributed by atoms with E-state index in [4.69, 9.17) is 4.74 Å². The van der Waals surface area contributed by atoms with Crippen LogP contribution in [0.1, 0.15) is 26.7 Å². The van der Waals surface area contributed by atoms with E-state index in [0.717, 1.165) is 0 Å². The van der Waals surface area contributed by atoms with Gasteiger partial charge in [0.2, 0.25) is 0 Å². The monoisotopic (exact) mass is 256 g/mol. The highest BCUT2D eigenvalue weighted by Crippen LogP contribution is 2.20. The minimum atomic E-state index is -0.969. The topological polar surface area (TPSA) is 69.7 Å². The van der Waals surface area contributed by atoms with Gasteiger partial charge in [0.15, 0.2) is 0 Å². The summed E-state index contributed by atoms with van der Waals surface area (Å²) in [4.78, 5) is 35.5. The van der Waals surface area contributed by atoms with E-state index in [2.05, 4.69) is 4.74 Å². The van der Waals surface area contributed by atoms with Gasteiger partial charge in [0, 0.05) is 24.9 Å². The zero-order valence-electron chi connectivity index (χ0n) is 11.1. The lowest BCUT2D eigenvalue weighted by Gasteiger charge is -2.16. The van der Waals surface area contributed by atoms with Crippen LogP contribution in [0.5, 0.6) is 0 Å². The normalized spacial score (nSPS) is 20.8. The summed E-state index contributed by atoms with van der Waals surface area (Å²) in [6.45, 7) is 4.38. The second kappa shape index (κ2) is 6.64. The molecule has 2 unspecified atom stereocenters. The molecule has 1 rings (SSSR count). The van der Waals surface area contributed by atoms with Crippen LogP contribution >= 0.6 is 0 Å².